The van der Waals surface area contributed by atoms with E-state index in [9.17, 15) is 4.79 Å². The fourth-order valence-corrected chi connectivity index (χ4v) is 5.06. The lowest BCUT2D eigenvalue weighted by Gasteiger charge is -2.21. The molecular weight excluding hydrogens is 510 g/mol. The number of carbonyl (C=O) groups is 1. The van der Waals surface area contributed by atoms with Crippen LogP contribution in [0.2, 0.25) is 0 Å². The first-order chi connectivity index (χ1) is 20.1. The fourth-order valence-electron chi connectivity index (χ4n) is 5.06. The summed E-state index contributed by atoms with van der Waals surface area (Å²) >= 11 is 0. The van der Waals surface area contributed by atoms with Crippen LogP contribution in [0.15, 0.2) is 97.1 Å². The predicted octanol–water partition coefficient (Wildman–Crippen LogP) is 7.44. The average molecular weight is 548 g/mol. The van der Waals surface area contributed by atoms with Crippen molar-refractivity contribution >= 4 is 28.6 Å². The van der Waals surface area contributed by atoms with Crippen LogP contribution in [0.1, 0.15) is 43.0 Å². The Morgan fingerprint density at radius 2 is 1.34 bits per heavy atom. The molecule has 0 atom stereocenters. The summed E-state index contributed by atoms with van der Waals surface area (Å²) in [6, 6.07) is 32.7. The molecule has 210 valence electrons. The minimum Gasteiger partial charge on any atom is -0.490 e. The van der Waals surface area contributed by atoms with Gasteiger partial charge in [0.25, 0.3) is 5.91 Å². The zero-order valence-corrected chi connectivity index (χ0v) is 23.9. The van der Waals surface area contributed by atoms with Crippen molar-refractivity contribution in [2.45, 2.75) is 33.9 Å². The molecule has 6 nitrogen and oxygen atoms in total. The van der Waals surface area contributed by atoms with E-state index in [1.54, 1.807) is 0 Å². The average Bonchev–Trinajstić information content (AvgIpc) is 3.31. The SMILES string of the molecule is CCOc1cc2c(cc1OCC)C(=C(Nc1ccc(CN(CC)Cc3ccccc3)cc1)c1ccccc1)C(=O)N2. The quantitative estimate of drug-likeness (QED) is 0.181. The van der Waals surface area contributed by atoms with E-state index in [0.717, 1.165) is 42.1 Å². The van der Waals surface area contributed by atoms with Crippen molar-refractivity contribution in [2.24, 2.45) is 0 Å². The standard InChI is InChI=1S/C35H37N3O3/c1-4-38(23-25-13-9-7-10-14-25)24-26-17-19-28(20-18-26)36-34(27-15-11-8-12-16-27)33-29-21-31(40-5-2)32(41-6-3)22-30(29)37-35(33)39/h7-22,36H,4-6,23-24H2,1-3H3,(H,37,39). The first kappa shape index (κ1) is 28.0. The van der Waals surface area contributed by atoms with E-state index in [0.29, 0.717) is 36.0 Å². The molecule has 0 spiro atoms. The molecule has 5 rings (SSSR count). The number of hydrogen-bond donors (Lipinski definition) is 2. The molecule has 0 unspecified atom stereocenters. The van der Waals surface area contributed by atoms with Gasteiger partial charge in [-0.2, -0.15) is 0 Å². The Labute approximate surface area is 242 Å². The van der Waals surface area contributed by atoms with Gasteiger partial charge in [-0.25, -0.2) is 0 Å². The molecular formula is C35H37N3O3. The zero-order chi connectivity index (χ0) is 28.6. The van der Waals surface area contributed by atoms with Gasteiger partial charge in [-0.15, -0.1) is 0 Å². The molecule has 2 N–H and O–H groups in total. The number of hydrogen-bond acceptors (Lipinski definition) is 5. The third-order valence-corrected chi connectivity index (χ3v) is 7.07. The van der Waals surface area contributed by atoms with Crippen LogP contribution in [0.25, 0.3) is 11.3 Å². The second-order valence-electron chi connectivity index (χ2n) is 9.89. The minimum atomic E-state index is -0.168. The van der Waals surface area contributed by atoms with E-state index >= 15 is 0 Å². The minimum absolute atomic E-state index is 0.168. The van der Waals surface area contributed by atoms with Gasteiger partial charge in [-0.3, -0.25) is 9.69 Å². The van der Waals surface area contributed by atoms with Gasteiger partial charge in [0, 0.05) is 30.4 Å². The number of benzene rings is 4. The van der Waals surface area contributed by atoms with Crippen LogP contribution in [0.3, 0.4) is 0 Å². The van der Waals surface area contributed by atoms with Crippen molar-refractivity contribution < 1.29 is 14.3 Å². The summed E-state index contributed by atoms with van der Waals surface area (Å²) in [5.74, 6) is 1.07. The van der Waals surface area contributed by atoms with Gasteiger partial charge < -0.3 is 20.1 Å². The third-order valence-electron chi connectivity index (χ3n) is 7.07. The summed E-state index contributed by atoms with van der Waals surface area (Å²) in [6.07, 6.45) is 0. The number of fused-ring (bicyclic) bond motifs is 1. The summed E-state index contributed by atoms with van der Waals surface area (Å²) in [4.78, 5) is 15.9. The van der Waals surface area contributed by atoms with Crippen LogP contribution in [-0.2, 0) is 17.9 Å². The van der Waals surface area contributed by atoms with Gasteiger partial charge in [0.15, 0.2) is 11.5 Å². The Morgan fingerprint density at radius 3 is 1.95 bits per heavy atom. The normalized spacial score (nSPS) is 13.5. The molecule has 0 aliphatic carbocycles. The molecule has 0 aromatic heterocycles. The van der Waals surface area contributed by atoms with Crippen molar-refractivity contribution in [2.75, 3.05) is 30.4 Å². The number of ether oxygens (including phenoxy) is 2. The highest BCUT2D eigenvalue weighted by Crippen LogP contribution is 2.43. The second kappa shape index (κ2) is 13.2. The molecule has 4 aromatic rings. The first-order valence-electron chi connectivity index (χ1n) is 14.3. The summed E-state index contributed by atoms with van der Waals surface area (Å²) in [5.41, 5.74) is 7.16. The fraction of sp³-hybridized carbons (Fsp3) is 0.229. The van der Waals surface area contributed by atoms with Crippen LogP contribution in [0.5, 0.6) is 11.5 Å². The van der Waals surface area contributed by atoms with E-state index < -0.39 is 0 Å². The Balaban J connectivity index is 1.46. The highest BCUT2D eigenvalue weighted by Gasteiger charge is 2.30. The van der Waals surface area contributed by atoms with Crippen LogP contribution in [-0.4, -0.2) is 30.6 Å². The van der Waals surface area contributed by atoms with Crippen LogP contribution >= 0.6 is 0 Å². The molecule has 0 saturated heterocycles. The molecule has 1 heterocycles. The lowest BCUT2D eigenvalue weighted by molar-refractivity contribution is -0.110. The molecule has 6 heteroatoms. The van der Waals surface area contributed by atoms with Crippen LogP contribution in [0.4, 0.5) is 11.4 Å². The summed E-state index contributed by atoms with van der Waals surface area (Å²) < 4.78 is 11.7. The number of anilines is 2. The van der Waals surface area contributed by atoms with Crippen LogP contribution in [0, 0.1) is 0 Å². The molecule has 0 fully saturated rings. The first-order valence-corrected chi connectivity index (χ1v) is 14.3. The lowest BCUT2D eigenvalue weighted by Crippen LogP contribution is -2.22. The second-order valence-corrected chi connectivity index (χ2v) is 9.89. The monoisotopic (exact) mass is 547 g/mol. The van der Waals surface area contributed by atoms with Crippen molar-refractivity contribution in [3.8, 4) is 11.5 Å². The summed E-state index contributed by atoms with van der Waals surface area (Å²) in [5, 5.41) is 6.60. The molecule has 0 bridgehead atoms. The van der Waals surface area contributed by atoms with Crippen molar-refractivity contribution in [1.82, 2.24) is 4.90 Å². The zero-order valence-electron chi connectivity index (χ0n) is 23.9. The van der Waals surface area contributed by atoms with Gasteiger partial charge in [-0.1, -0.05) is 79.7 Å². The number of rotatable bonds is 12. The van der Waals surface area contributed by atoms with Gasteiger partial charge in [0.05, 0.1) is 30.2 Å². The van der Waals surface area contributed by atoms with E-state index in [1.807, 2.05) is 62.4 Å². The maximum Gasteiger partial charge on any atom is 0.258 e. The molecule has 1 aliphatic rings. The number of amides is 1. The third kappa shape index (κ3) is 6.61. The Hall–Kier alpha value is -4.55. The topological polar surface area (TPSA) is 62.8 Å². The smallest absolute Gasteiger partial charge is 0.258 e. The number of carbonyl (C=O) groups excluding carboxylic acids is 1. The van der Waals surface area contributed by atoms with Gasteiger partial charge in [-0.05, 0) is 55.3 Å². The van der Waals surface area contributed by atoms with E-state index in [-0.39, 0.29) is 5.91 Å². The van der Waals surface area contributed by atoms with E-state index in [2.05, 4.69) is 71.0 Å². The Kier molecular flexibility index (Phi) is 9.02. The molecule has 4 aromatic carbocycles. The van der Waals surface area contributed by atoms with Crippen molar-refractivity contribution in [3.05, 3.63) is 119 Å². The molecule has 0 radical (unpaired) electrons. The predicted molar refractivity (Wildman–Crippen MR) is 167 cm³/mol. The lowest BCUT2D eigenvalue weighted by atomic mass is 9.99. The van der Waals surface area contributed by atoms with Crippen molar-refractivity contribution in [1.29, 1.82) is 0 Å². The van der Waals surface area contributed by atoms with Gasteiger partial charge in [0.1, 0.15) is 0 Å². The van der Waals surface area contributed by atoms with Crippen molar-refractivity contribution in [3.63, 3.8) is 0 Å². The summed E-state index contributed by atoms with van der Waals surface area (Å²) in [7, 11) is 0. The van der Waals surface area contributed by atoms with Crippen LogP contribution < -0.4 is 20.1 Å². The van der Waals surface area contributed by atoms with E-state index in [4.69, 9.17) is 9.47 Å². The van der Waals surface area contributed by atoms with Gasteiger partial charge in [0.2, 0.25) is 0 Å². The highest BCUT2D eigenvalue weighted by molar-refractivity contribution is 6.37. The largest absolute Gasteiger partial charge is 0.490 e. The molecule has 1 aliphatic heterocycles. The molecule has 41 heavy (non-hydrogen) atoms. The molecule has 0 saturated carbocycles. The maximum atomic E-state index is 13.4. The highest BCUT2D eigenvalue weighted by atomic mass is 16.5. The Bertz CT molecular complexity index is 1500. The maximum absolute atomic E-state index is 13.4. The van der Waals surface area contributed by atoms with Gasteiger partial charge >= 0.3 is 0 Å². The van der Waals surface area contributed by atoms with E-state index in [1.165, 1.54) is 11.1 Å². The molecule has 1 amide bonds. The number of nitrogens with zero attached hydrogens (tertiary/aromatic N) is 1. The number of nitrogens with one attached hydrogen (secondary N) is 2. The summed E-state index contributed by atoms with van der Waals surface area (Å²) in [6.45, 7) is 9.78. The Morgan fingerprint density at radius 1 is 0.756 bits per heavy atom.